The second kappa shape index (κ2) is 7.41. The van der Waals surface area contributed by atoms with Gasteiger partial charge in [0.05, 0.1) is 0 Å². The highest BCUT2D eigenvalue weighted by atomic mass is 35.5. The highest BCUT2D eigenvalue weighted by molar-refractivity contribution is 7.80. The van der Waals surface area contributed by atoms with Gasteiger partial charge in [-0.3, -0.25) is 0 Å². The van der Waals surface area contributed by atoms with Gasteiger partial charge in [-0.15, -0.1) is 0 Å². The first-order valence-corrected chi connectivity index (χ1v) is 8.94. The summed E-state index contributed by atoms with van der Waals surface area (Å²) in [5.41, 5.74) is 4.77. The summed E-state index contributed by atoms with van der Waals surface area (Å²) in [7, 11) is 0. The number of hydrogen-bond donors (Lipinski definition) is 1. The number of halogens is 1. The zero-order valence-electron chi connectivity index (χ0n) is 14.1. The molecule has 1 aliphatic rings. The van der Waals surface area contributed by atoms with E-state index in [0.717, 1.165) is 42.0 Å². The average molecular weight is 360 g/mol. The fourth-order valence-electron chi connectivity index (χ4n) is 3.07. The van der Waals surface area contributed by atoms with E-state index in [-0.39, 0.29) is 0 Å². The van der Waals surface area contributed by atoms with Crippen molar-refractivity contribution in [1.29, 1.82) is 0 Å². The van der Waals surface area contributed by atoms with Crippen LogP contribution in [0.3, 0.4) is 0 Å². The maximum Gasteiger partial charge on any atom is 0.173 e. The number of aryl methyl sites for hydroxylation is 2. The molecule has 1 saturated heterocycles. The second-order valence-corrected chi connectivity index (χ2v) is 7.08. The molecule has 0 spiro atoms. The highest BCUT2D eigenvalue weighted by Crippen LogP contribution is 2.20. The fourth-order valence-corrected chi connectivity index (χ4v) is 3.50. The number of benzene rings is 2. The molecule has 0 unspecified atom stereocenters. The van der Waals surface area contributed by atoms with Gasteiger partial charge in [0.25, 0.3) is 0 Å². The minimum absolute atomic E-state index is 0.774. The van der Waals surface area contributed by atoms with Crippen LogP contribution in [0.15, 0.2) is 42.5 Å². The van der Waals surface area contributed by atoms with Gasteiger partial charge >= 0.3 is 0 Å². The highest BCUT2D eigenvalue weighted by Gasteiger charge is 2.19. The quantitative estimate of drug-likeness (QED) is 0.797. The first-order chi connectivity index (χ1) is 11.5. The Morgan fingerprint density at radius 2 is 1.54 bits per heavy atom. The van der Waals surface area contributed by atoms with Crippen LogP contribution in [0.2, 0.25) is 5.02 Å². The Hall–Kier alpha value is -1.78. The third-order valence-electron chi connectivity index (χ3n) is 4.23. The zero-order chi connectivity index (χ0) is 17.1. The molecular weight excluding hydrogens is 338 g/mol. The van der Waals surface area contributed by atoms with E-state index in [1.165, 1.54) is 16.8 Å². The van der Waals surface area contributed by atoms with E-state index in [9.17, 15) is 0 Å². The Labute approximate surface area is 154 Å². The minimum Gasteiger partial charge on any atom is -0.368 e. The van der Waals surface area contributed by atoms with Gasteiger partial charge in [0, 0.05) is 42.6 Å². The van der Waals surface area contributed by atoms with E-state index in [2.05, 4.69) is 59.3 Å². The van der Waals surface area contributed by atoms with E-state index in [1.54, 1.807) is 0 Å². The zero-order valence-corrected chi connectivity index (χ0v) is 15.6. The van der Waals surface area contributed by atoms with Crippen molar-refractivity contribution >= 4 is 40.3 Å². The Balaban J connectivity index is 1.57. The number of rotatable bonds is 2. The van der Waals surface area contributed by atoms with Crippen molar-refractivity contribution in [1.82, 2.24) is 4.90 Å². The largest absolute Gasteiger partial charge is 0.368 e. The Morgan fingerprint density at radius 3 is 2.12 bits per heavy atom. The van der Waals surface area contributed by atoms with Gasteiger partial charge < -0.3 is 15.1 Å². The minimum atomic E-state index is 0.774. The van der Waals surface area contributed by atoms with Crippen molar-refractivity contribution in [2.75, 3.05) is 36.4 Å². The molecule has 24 heavy (non-hydrogen) atoms. The van der Waals surface area contributed by atoms with Gasteiger partial charge in [0.15, 0.2) is 5.11 Å². The molecule has 0 aromatic heterocycles. The van der Waals surface area contributed by atoms with Crippen molar-refractivity contribution in [3.63, 3.8) is 0 Å². The predicted molar refractivity (Wildman–Crippen MR) is 107 cm³/mol. The summed E-state index contributed by atoms with van der Waals surface area (Å²) >= 11 is 11.6. The predicted octanol–water partition coefficient (Wildman–Crippen LogP) is 4.48. The number of nitrogens with one attached hydrogen (secondary N) is 1. The molecule has 0 saturated carbocycles. The SMILES string of the molecule is Cc1cc(C)cc(NC(=S)N2CCN(c3ccc(Cl)cc3)CC2)c1. The van der Waals surface area contributed by atoms with Crippen LogP contribution < -0.4 is 10.2 Å². The molecule has 1 heterocycles. The molecule has 3 nitrogen and oxygen atoms in total. The summed E-state index contributed by atoms with van der Waals surface area (Å²) in [4.78, 5) is 4.60. The molecule has 1 N–H and O–H groups in total. The van der Waals surface area contributed by atoms with Gasteiger partial charge in [-0.05, 0) is 73.6 Å². The molecule has 0 aliphatic carbocycles. The number of anilines is 2. The molecule has 2 aromatic carbocycles. The lowest BCUT2D eigenvalue weighted by Crippen LogP contribution is -2.50. The molecular formula is C19H22ClN3S. The fraction of sp³-hybridized carbons (Fsp3) is 0.316. The van der Waals surface area contributed by atoms with Crippen LogP contribution in [-0.2, 0) is 0 Å². The molecule has 0 atom stereocenters. The average Bonchev–Trinajstić information content (AvgIpc) is 2.55. The maximum atomic E-state index is 5.96. The molecule has 5 heteroatoms. The maximum absolute atomic E-state index is 5.96. The van der Waals surface area contributed by atoms with Crippen LogP contribution in [0.4, 0.5) is 11.4 Å². The third kappa shape index (κ3) is 4.19. The van der Waals surface area contributed by atoms with Crippen molar-refractivity contribution < 1.29 is 0 Å². The molecule has 0 amide bonds. The molecule has 0 bridgehead atoms. The summed E-state index contributed by atoms with van der Waals surface area (Å²) in [6.07, 6.45) is 0. The lowest BCUT2D eigenvalue weighted by molar-refractivity contribution is 0.391. The summed E-state index contributed by atoms with van der Waals surface area (Å²) < 4.78 is 0. The van der Waals surface area contributed by atoms with Crippen molar-refractivity contribution in [3.8, 4) is 0 Å². The number of hydrogen-bond acceptors (Lipinski definition) is 2. The van der Waals surface area contributed by atoms with Crippen LogP contribution in [-0.4, -0.2) is 36.2 Å². The molecule has 2 aromatic rings. The second-order valence-electron chi connectivity index (χ2n) is 6.26. The normalized spacial score (nSPS) is 14.6. The van der Waals surface area contributed by atoms with E-state index >= 15 is 0 Å². The van der Waals surface area contributed by atoms with E-state index in [0.29, 0.717) is 0 Å². The third-order valence-corrected chi connectivity index (χ3v) is 4.84. The Bertz CT molecular complexity index is 702. The standard InChI is InChI=1S/C19H22ClN3S/c1-14-11-15(2)13-17(12-14)21-19(24)23-9-7-22(8-10-23)18-5-3-16(20)4-6-18/h3-6,11-13H,7-10H2,1-2H3,(H,21,24). The summed E-state index contributed by atoms with van der Waals surface area (Å²) in [6, 6.07) is 14.4. The molecule has 1 aliphatic heterocycles. The lowest BCUT2D eigenvalue weighted by Gasteiger charge is -2.37. The van der Waals surface area contributed by atoms with Gasteiger partial charge in [0.1, 0.15) is 0 Å². The van der Waals surface area contributed by atoms with Crippen molar-refractivity contribution in [3.05, 3.63) is 58.6 Å². The summed E-state index contributed by atoms with van der Waals surface area (Å²) in [5, 5.41) is 4.95. The number of nitrogens with zero attached hydrogens (tertiary/aromatic N) is 2. The van der Waals surface area contributed by atoms with Crippen molar-refractivity contribution in [2.24, 2.45) is 0 Å². The molecule has 126 valence electrons. The van der Waals surface area contributed by atoms with Crippen LogP contribution >= 0.6 is 23.8 Å². The van der Waals surface area contributed by atoms with Gasteiger partial charge in [-0.25, -0.2) is 0 Å². The Kier molecular flexibility index (Phi) is 5.27. The van der Waals surface area contributed by atoms with Crippen molar-refractivity contribution in [2.45, 2.75) is 13.8 Å². The number of thiocarbonyl (C=S) groups is 1. The van der Waals surface area contributed by atoms with Gasteiger partial charge in [-0.2, -0.15) is 0 Å². The van der Waals surface area contributed by atoms with Crippen LogP contribution in [0.25, 0.3) is 0 Å². The van der Waals surface area contributed by atoms with Crippen LogP contribution in [0, 0.1) is 13.8 Å². The van der Waals surface area contributed by atoms with E-state index in [4.69, 9.17) is 23.8 Å². The molecule has 1 fully saturated rings. The van der Waals surface area contributed by atoms with E-state index in [1.807, 2.05) is 12.1 Å². The monoisotopic (exact) mass is 359 g/mol. The van der Waals surface area contributed by atoms with Crippen LogP contribution in [0.5, 0.6) is 0 Å². The topological polar surface area (TPSA) is 18.5 Å². The molecule has 0 radical (unpaired) electrons. The Morgan fingerprint density at radius 1 is 0.958 bits per heavy atom. The summed E-state index contributed by atoms with van der Waals surface area (Å²) in [6.45, 7) is 7.95. The molecule has 3 rings (SSSR count). The lowest BCUT2D eigenvalue weighted by atomic mass is 10.1. The van der Waals surface area contributed by atoms with Crippen LogP contribution in [0.1, 0.15) is 11.1 Å². The number of piperazine rings is 1. The first kappa shape index (κ1) is 17.1. The van der Waals surface area contributed by atoms with Gasteiger partial charge in [0.2, 0.25) is 0 Å². The summed E-state index contributed by atoms with van der Waals surface area (Å²) in [5.74, 6) is 0. The first-order valence-electron chi connectivity index (χ1n) is 8.16. The smallest absolute Gasteiger partial charge is 0.173 e. The van der Waals surface area contributed by atoms with E-state index < -0.39 is 0 Å². The van der Waals surface area contributed by atoms with Gasteiger partial charge in [-0.1, -0.05) is 17.7 Å².